The Labute approximate surface area is 121 Å². The van der Waals surface area contributed by atoms with E-state index >= 15 is 0 Å². The Morgan fingerprint density at radius 1 is 1.40 bits per heavy atom. The first kappa shape index (κ1) is 16.8. The van der Waals surface area contributed by atoms with Gasteiger partial charge in [0.1, 0.15) is 6.54 Å². The Morgan fingerprint density at radius 3 is 2.65 bits per heavy atom. The van der Waals surface area contributed by atoms with Crippen molar-refractivity contribution in [1.82, 2.24) is 10.2 Å². The monoisotopic (exact) mass is 284 g/mol. The minimum atomic E-state index is -0.966. The smallest absolute Gasteiger partial charge is 0.323 e. The van der Waals surface area contributed by atoms with Gasteiger partial charge in [-0.1, -0.05) is 26.7 Å². The largest absolute Gasteiger partial charge is 0.480 e. The van der Waals surface area contributed by atoms with E-state index in [1.54, 1.807) is 0 Å². The number of aliphatic carboxylic acids is 1. The number of carbonyl (C=O) groups is 2. The van der Waals surface area contributed by atoms with E-state index in [0.717, 1.165) is 25.2 Å². The zero-order chi connectivity index (χ0) is 15.1. The number of carboxylic acid groups (broad SMARTS) is 1. The predicted octanol–water partition coefficient (Wildman–Crippen LogP) is 2.71. The van der Waals surface area contributed by atoms with Crippen molar-refractivity contribution in [3.63, 3.8) is 0 Å². The molecule has 0 spiro atoms. The molecule has 20 heavy (non-hydrogen) atoms. The van der Waals surface area contributed by atoms with Gasteiger partial charge in [-0.05, 0) is 38.0 Å². The Kier molecular flexibility index (Phi) is 6.82. The number of amides is 2. The van der Waals surface area contributed by atoms with Crippen LogP contribution < -0.4 is 5.32 Å². The first-order valence-electron chi connectivity index (χ1n) is 7.70. The van der Waals surface area contributed by atoms with Gasteiger partial charge in [0.15, 0.2) is 0 Å². The van der Waals surface area contributed by atoms with Gasteiger partial charge in [0.05, 0.1) is 0 Å². The van der Waals surface area contributed by atoms with Gasteiger partial charge < -0.3 is 15.3 Å². The summed E-state index contributed by atoms with van der Waals surface area (Å²) in [6, 6.07) is -0.309. The molecule has 3 unspecified atom stereocenters. The van der Waals surface area contributed by atoms with Gasteiger partial charge in [-0.15, -0.1) is 0 Å². The van der Waals surface area contributed by atoms with Crippen molar-refractivity contribution in [3.8, 4) is 0 Å². The molecule has 0 bridgehead atoms. The molecular formula is C15H28N2O3. The second-order valence-electron chi connectivity index (χ2n) is 6.10. The van der Waals surface area contributed by atoms with Gasteiger partial charge in [-0.3, -0.25) is 4.79 Å². The van der Waals surface area contributed by atoms with Crippen LogP contribution in [0.2, 0.25) is 0 Å². The fourth-order valence-corrected chi connectivity index (χ4v) is 2.87. The van der Waals surface area contributed by atoms with Crippen molar-refractivity contribution >= 4 is 12.0 Å². The van der Waals surface area contributed by atoms with Crippen LogP contribution in [0.4, 0.5) is 4.79 Å². The van der Waals surface area contributed by atoms with E-state index in [-0.39, 0.29) is 18.6 Å². The fraction of sp³-hybridized carbons (Fsp3) is 0.867. The van der Waals surface area contributed by atoms with Crippen molar-refractivity contribution in [1.29, 1.82) is 0 Å². The van der Waals surface area contributed by atoms with E-state index in [9.17, 15) is 9.59 Å². The molecular weight excluding hydrogens is 256 g/mol. The highest BCUT2D eigenvalue weighted by molar-refractivity contribution is 5.80. The third kappa shape index (κ3) is 5.39. The zero-order valence-corrected chi connectivity index (χ0v) is 12.9. The second-order valence-corrected chi connectivity index (χ2v) is 6.10. The molecule has 1 saturated carbocycles. The topological polar surface area (TPSA) is 69.6 Å². The molecule has 0 heterocycles. The average Bonchev–Trinajstić information content (AvgIpc) is 2.41. The predicted molar refractivity (Wildman–Crippen MR) is 78.6 cm³/mol. The van der Waals surface area contributed by atoms with Crippen LogP contribution in [0.25, 0.3) is 0 Å². The number of urea groups is 1. The van der Waals surface area contributed by atoms with E-state index < -0.39 is 5.97 Å². The highest BCUT2D eigenvalue weighted by atomic mass is 16.4. The molecule has 1 aliphatic carbocycles. The third-order valence-electron chi connectivity index (χ3n) is 4.28. The molecule has 1 aliphatic rings. The summed E-state index contributed by atoms with van der Waals surface area (Å²) in [5.74, 6) is 0.299. The van der Waals surface area contributed by atoms with Gasteiger partial charge in [-0.25, -0.2) is 4.79 Å². The van der Waals surface area contributed by atoms with Crippen LogP contribution in [0.1, 0.15) is 52.9 Å². The number of nitrogens with one attached hydrogen (secondary N) is 1. The van der Waals surface area contributed by atoms with Crippen LogP contribution in [0.3, 0.4) is 0 Å². The first-order chi connectivity index (χ1) is 9.43. The molecule has 0 aliphatic heterocycles. The van der Waals surface area contributed by atoms with Crippen LogP contribution >= 0.6 is 0 Å². The molecule has 5 heteroatoms. The fourth-order valence-electron chi connectivity index (χ4n) is 2.87. The number of hydrogen-bond donors (Lipinski definition) is 2. The molecule has 116 valence electrons. The van der Waals surface area contributed by atoms with Crippen molar-refractivity contribution in [3.05, 3.63) is 0 Å². The minimum Gasteiger partial charge on any atom is -0.480 e. The molecule has 0 aromatic heterocycles. The van der Waals surface area contributed by atoms with Gasteiger partial charge in [-0.2, -0.15) is 0 Å². The summed E-state index contributed by atoms with van der Waals surface area (Å²) >= 11 is 0. The van der Waals surface area contributed by atoms with E-state index in [4.69, 9.17) is 5.11 Å². The van der Waals surface area contributed by atoms with E-state index in [1.807, 2.05) is 13.8 Å². The summed E-state index contributed by atoms with van der Waals surface area (Å²) in [5, 5.41) is 11.8. The van der Waals surface area contributed by atoms with Gasteiger partial charge in [0, 0.05) is 12.6 Å². The normalized spacial score (nSPS) is 23.9. The molecule has 0 radical (unpaired) electrons. The maximum Gasteiger partial charge on any atom is 0.323 e. The lowest BCUT2D eigenvalue weighted by molar-refractivity contribution is -0.138. The Hall–Kier alpha value is -1.26. The highest BCUT2D eigenvalue weighted by Gasteiger charge is 2.24. The number of carboxylic acids is 1. The summed E-state index contributed by atoms with van der Waals surface area (Å²) in [7, 11) is 0. The minimum absolute atomic E-state index is 0.0589. The Balaban J connectivity index is 2.46. The van der Waals surface area contributed by atoms with E-state index in [2.05, 4.69) is 12.2 Å². The molecule has 1 rings (SSSR count). The Bertz CT molecular complexity index is 333. The third-order valence-corrected chi connectivity index (χ3v) is 4.28. The summed E-state index contributed by atoms with van der Waals surface area (Å²) in [4.78, 5) is 24.4. The van der Waals surface area contributed by atoms with Crippen LogP contribution in [-0.2, 0) is 4.79 Å². The van der Waals surface area contributed by atoms with Crippen LogP contribution in [0.15, 0.2) is 0 Å². The average molecular weight is 284 g/mol. The maximum atomic E-state index is 12.2. The lowest BCUT2D eigenvalue weighted by atomic mass is 9.82. The van der Waals surface area contributed by atoms with Gasteiger partial charge in [0.25, 0.3) is 0 Å². The molecule has 0 saturated heterocycles. The molecule has 2 amide bonds. The van der Waals surface area contributed by atoms with Crippen molar-refractivity contribution in [2.45, 2.75) is 58.9 Å². The van der Waals surface area contributed by atoms with Gasteiger partial charge in [0.2, 0.25) is 0 Å². The Morgan fingerprint density at radius 2 is 2.10 bits per heavy atom. The molecule has 1 fully saturated rings. The lowest BCUT2D eigenvalue weighted by Crippen LogP contribution is -2.48. The number of rotatable bonds is 6. The van der Waals surface area contributed by atoms with Crippen LogP contribution in [0.5, 0.6) is 0 Å². The summed E-state index contributed by atoms with van der Waals surface area (Å²) in [5.41, 5.74) is 0. The van der Waals surface area contributed by atoms with Crippen molar-refractivity contribution in [2.24, 2.45) is 11.8 Å². The molecule has 3 atom stereocenters. The quantitative estimate of drug-likeness (QED) is 0.788. The first-order valence-corrected chi connectivity index (χ1v) is 7.70. The van der Waals surface area contributed by atoms with Gasteiger partial charge >= 0.3 is 12.0 Å². The number of nitrogens with zero attached hydrogens (tertiary/aromatic N) is 1. The van der Waals surface area contributed by atoms with Crippen molar-refractivity contribution < 1.29 is 14.7 Å². The summed E-state index contributed by atoms with van der Waals surface area (Å²) in [6.45, 7) is 6.52. The molecule has 5 nitrogen and oxygen atoms in total. The maximum absolute atomic E-state index is 12.2. The van der Waals surface area contributed by atoms with E-state index in [1.165, 1.54) is 17.7 Å². The number of carbonyl (C=O) groups excluding carboxylic acids is 1. The molecule has 0 aromatic carbocycles. The summed E-state index contributed by atoms with van der Waals surface area (Å²) < 4.78 is 0. The van der Waals surface area contributed by atoms with Crippen molar-refractivity contribution in [2.75, 3.05) is 13.1 Å². The highest BCUT2D eigenvalue weighted by Crippen LogP contribution is 2.27. The van der Waals surface area contributed by atoms with Crippen LogP contribution in [0, 0.1) is 11.8 Å². The van der Waals surface area contributed by atoms with E-state index in [0.29, 0.717) is 12.5 Å². The molecule has 2 N–H and O–H groups in total. The SMILES string of the molecule is CCC(C)N(CC(=O)O)C(=O)NCC1CCCC(C)C1. The standard InChI is InChI=1S/C15H28N2O3/c1-4-12(3)17(10-14(18)19)15(20)16-9-13-7-5-6-11(2)8-13/h11-13H,4-10H2,1-3H3,(H,16,20)(H,18,19). The molecule has 0 aromatic rings. The lowest BCUT2D eigenvalue weighted by Gasteiger charge is -2.30. The van der Waals surface area contributed by atoms with Crippen LogP contribution in [-0.4, -0.2) is 41.1 Å². The number of hydrogen-bond acceptors (Lipinski definition) is 2. The summed E-state index contributed by atoms with van der Waals surface area (Å²) in [6.07, 6.45) is 5.57. The second kappa shape index (κ2) is 8.12. The zero-order valence-electron chi connectivity index (χ0n) is 12.9.